The van der Waals surface area contributed by atoms with Gasteiger partial charge in [0.25, 0.3) is 5.56 Å². The second-order valence-corrected chi connectivity index (χ2v) is 7.86. The molecule has 0 aliphatic heterocycles. The van der Waals surface area contributed by atoms with E-state index in [2.05, 4.69) is 10.3 Å². The molecule has 4 rings (SSSR count). The first kappa shape index (κ1) is 20.2. The number of pyridine rings is 1. The van der Waals surface area contributed by atoms with Gasteiger partial charge in [-0.15, -0.1) is 0 Å². The summed E-state index contributed by atoms with van der Waals surface area (Å²) in [4.78, 5) is 17.7. The first-order valence-corrected chi connectivity index (χ1v) is 10.2. The smallest absolute Gasteiger partial charge is 0.253 e. The summed E-state index contributed by atoms with van der Waals surface area (Å²) in [5.41, 5.74) is 3.15. The van der Waals surface area contributed by atoms with Crippen molar-refractivity contribution in [1.29, 1.82) is 0 Å². The molecule has 2 N–H and O–H groups in total. The fourth-order valence-corrected chi connectivity index (χ4v) is 3.75. The van der Waals surface area contributed by atoms with E-state index in [1.165, 1.54) is 0 Å². The highest BCUT2D eigenvalue weighted by Crippen LogP contribution is 2.19. The molecule has 0 saturated heterocycles. The molecular weight excluding hydrogens is 418 g/mol. The van der Waals surface area contributed by atoms with Crippen molar-refractivity contribution in [3.8, 4) is 0 Å². The first-order chi connectivity index (χ1) is 14.5. The van der Waals surface area contributed by atoms with Gasteiger partial charge in [0.2, 0.25) is 0 Å². The number of aromatic nitrogens is 1. The molecule has 7 heteroatoms. The van der Waals surface area contributed by atoms with E-state index in [4.69, 9.17) is 28.2 Å². The van der Waals surface area contributed by atoms with Crippen molar-refractivity contribution >= 4 is 45.5 Å². The summed E-state index contributed by atoms with van der Waals surface area (Å²) in [5.74, 6) is 0.748. The number of fused-ring (bicyclic) bond motifs is 1. The van der Waals surface area contributed by atoms with E-state index in [1.54, 1.807) is 18.4 Å². The van der Waals surface area contributed by atoms with Gasteiger partial charge in [-0.25, -0.2) is 0 Å². The van der Waals surface area contributed by atoms with Gasteiger partial charge in [0.1, 0.15) is 5.76 Å². The van der Waals surface area contributed by atoms with Gasteiger partial charge in [-0.2, -0.15) is 0 Å². The number of halogens is 1. The molecule has 152 valence electrons. The van der Waals surface area contributed by atoms with Crippen LogP contribution in [0.25, 0.3) is 10.9 Å². The van der Waals surface area contributed by atoms with Crippen molar-refractivity contribution in [2.75, 3.05) is 5.32 Å². The highest BCUT2D eigenvalue weighted by atomic mass is 35.5. The van der Waals surface area contributed by atoms with Gasteiger partial charge >= 0.3 is 0 Å². The minimum Gasteiger partial charge on any atom is -0.467 e. The monoisotopic (exact) mass is 437 g/mol. The third kappa shape index (κ3) is 4.56. The number of aryl methyl sites for hydroxylation is 1. The number of para-hydroxylation sites is 1. The average Bonchev–Trinajstić information content (AvgIpc) is 3.22. The van der Waals surface area contributed by atoms with Gasteiger partial charge in [0.05, 0.1) is 24.9 Å². The molecule has 0 aliphatic carbocycles. The second kappa shape index (κ2) is 8.73. The lowest BCUT2D eigenvalue weighted by Gasteiger charge is -2.25. The average molecular weight is 438 g/mol. The van der Waals surface area contributed by atoms with Crippen LogP contribution in [-0.4, -0.2) is 15.0 Å². The fraction of sp³-hybridized carbons (Fsp3) is 0.130. The minimum absolute atomic E-state index is 0.133. The van der Waals surface area contributed by atoms with Crippen LogP contribution in [0.1, 0.15) is 16.9 Å². The van der Waals surface area contributed by atoms with Crippen LogP contribution in [0.2, 0.25) is 5.02 Å². The molecule has 2 heterocycles. The third-order valence-corrected chi connectivity index (χ3v) is 5.41. The maximum absolute atomic E-state index is 12.8. The number of H-pyrrole nitrogens is 1. The van der Waals surface area contributed by atoms with E-state index < -0.39 is 0 Å². The topological polar surface area (TPSA) is 61.3 Å². The van der Waals surface area contributed by atoms with Crippen LogP contribution in [0, 0.1) is 6.92 Å². The standard InChI is InChI=1S/C23H20ClN3O2S/c1-15-5-2-6-16-11-17(22(28)26-21(15)16)13-27(14-20-9-4-10-29-20)23(30)25-19-8-3-7-18(24)12-19/h2-12H,13-14H2,1H3,(H,25,30)(H,26,28). The van der Waals surface area contributed by atoms with Crippen molar-refractivity contribution < 1.29 is 4.42 Å². The second-order valence-electron chi connectivity index (χ2n) is 7.04. The quantitative estimate of drug-likeness (QED) is 0.405. The van der Waals surface area contributed by atoms with Gasteiger partial charge in [-0.3, -0.25) is 4.79 Å². The predicted octanol–water partition coefficient (Wildman–Crippen LogP) is 5.48. The zero-order valence-corrected chi connectivity index (χ0v) is 17.9. The lowest BCUT2D eigenvalue weighted by atomic mass is 10.1. The molecule has 30 heavy (non-hydrogen) atoms. The summed E-state index contributed by atoms with van der Waals surface area (Å²) in [6, 6.07) is 18.9. The lowest BCUT2D eigenvalue weighted by molar-refractivity contribution is 0.359. The number of nitrogens with one attached hydrogen (secondary N) is 2. The van der Waals surface area contributed by atoms with E-state index in [1.807, 2.05) is 60.4 Å². The minimum atomic E-state index is -0.133. The van der Waals surface area contributed by atoms with Gasteiger partial charge in [-0.05, 0) is 66.5 Å². The summed E-state index contributed by atoms with van der Waals surface area (Å²) < 4.78 is 5.50. The van der Waals surface area contributed by atoms with E-state index >= 15 is 0 Å². The third-order valence-electron chi connectivity index (χ3n) is 4.82. The number of thiocarbonyl (C=S) groups is 1. The van der Waals surface area contributed by atoms with Gasteiger partial charge < -0.3 is 19.6 Å². The van der Waals surface area contributed by atoms with Crippen LogP contribution in [-0.2, 0) is 13.1 Å². The highest BCUT2D eigenvalue weighted by molar-refractivity contribution is 7.80. The Hall–Kier alpha value is -3.09. The van der Waals surface area contributed by atoms with Crippen molar-refractivity contribution in [3.05, 3.63) is 99.2 Å². The Labute approximate surface area is 184 Å². The van der Waals surface area contributed by atoms with E-state index in [0.717, 1.165) is 27.9 Å². The molecule has 0 bridgehead atoms. The highest BCUT2D eigenvalue weighted by Gasteiger charge is 2.16. The number of nitrogens with zero attached hydrogens (tertiary/aromatic N) is 1. The lowest BCUT2D eigenvalue weighted by Crippen LogP contribution is -2.35. The fourth-order valence-electron chi connectivity index (χ4n) is 3.31. The molecule has 0 spiro atoms. The Kier molecular flexibility index (Phi) is 5.88. The maximum Gasteiger partial charge on any atom is 0.253 e. The Bertz CT molecular complexity index is 1250. The van der Waals surface area contributed by atoms with Crippen LogP contribution >= 0.6 is 23.8 Å². The van der Waals surface area contributed by atoms with Gasteiger partial charge in [0, 0.05) is 16.3 Å². The van der Waals surface area contributed by atoms with Crippen molar-refractivity contribution in [1.82, 2.24) is 9.88 Å². The van der Waals surface area contributed by atoms with Gasteiger partial charge in [0.15, 0.2) is 5.11 Å². The molecule has 5 nitrogen and oxygen atoms in total. The normalized spacial score (nSPS) is 10.9. The number of benzene rings is 2. The Morgan fingerprint density at radius 2 is 1.97 bits per heavy atom. The molecule has 0 fully saturated rings. The number of hydrogen-bond donors (Lipinski definition) is 2. The van der Waals surface area contributed by atoms with Crippen LogP contribution < -0.4 is 10.9 Å². The summed E-state index contributed by atoms with van der Waals surface area (Å²) in [5, 5.41) is 5.27. The van der Waals surface area contributed by atoms with Gasteiger partial charge in [-0.1, -0.05) is 35.9 Å². The molecule has 0 saturated carbocycles. The predicted molar refractivity (Wildman–Crippen MR) is 125 cm³/mol. The van der Waals surface area contributed by atoms with E-state index in [-0.39, 0.29) is 5.56 Å². The van der Waals surface area contributed by atoms with E-state index in [9.17, 15) is 4.79 Å². The number of rotatable bonds is 5. The summed E-state index contributed by atoms with van der Waals surface area (Å²) in [7, 11) is 0. The van der Waals surface area contributed by atoms with Crippen molar-refractivity contribution in [2.45, 2.75) is 20.0 Å². The van der Waals surface area contributed by atoms with Crippen LogP contribution in [0.5, 0.6) is 0 Å². The molecule has 0 amide bonds. The summed E-state index contributed by atoms with van der Waals surface area (Å²) in [6.07, 6.45) is 1.62. The molecule has 0 unspecified atom stereocenters. The van der Waals surface area contributed by atoms with Crippen LogP contribution in [0.4, 0.5) is 5.69 Å². The van der Waals surface area contributed by atoms with Crippen molar-refractivity contribution in [2.24, 2.45) is 0 Å². The molecule has 2 aromatic carbocycles. The zero-order valence-electron chi connectivity index (χ0n) is 16.3. The zero-order chi connectivity index (χ0) is 21.1. The summed E-state index contributed by atoms with van der Waals surface area (Å²) in [6.45, 7) is 2.72. The number of hydrogen-bond acceptors (Lipinski definition) is 3. The number of anilines is 1. The number of aromatic amines is 1. The molecule has 0 atom stereocenters. The van der Waals surface area contributed by atoms with Crippen LogP contribution in [0.15, 0.2) is 76.1 Å². The molecular formula is C23H20ClN3O2S. The van der Waals surface area contributed by atoms with Crippen molar-refractivity contribution in [3.63, 3.8) is 0 Å². The maximum atomic E-state index is 12.8. The molecule has 2 aromatic heterocycles. The Balaban J connectivity index is 1.64. The Morgan fingerprint density at radius 1 is 1.13 bits per heavy atom. The first-order valence-electron chi connectivity index (χ1n) is 9.45. The SMILES string of the molecule is Cc1cccc2cc(CN(Cc3ccco3)C(=S)Nc3cccc(Cl)c3)c(=O)[nH]c12. The van der Waals surface area contributed by atoms with Crippen LogP contribution in [0.3, 0.4) is 0 Å². The van der Waals surface area contributed by atoms with E-state index in [0.29, 0.717) is 28.8 Å². The summed E-state index contributed by atoms with van der Waals surface area (Å²) >= 11 is 11.7. The number of furan rings is 1. The largest absolute Gasteiger partial charge is 0.467 e. The molecule has 0 aliphatic rings. The molecule has 0 radical (unpaired) electrons. The Morgan fingerprint density at radius 3 is 2.73 bits per heavy atom. The molecule has 4 aromatic rings.